The van der Waals surface area contributed by atoms with E-state index in [9.17, 15) is 18.0 Å². The summed E-state index contributed by atoms with van der Waals surface area (Å²) < 4.78 is 38.0. The van der Waals surface area contributed by atoms with Crippen LogP contribution in [-0.2, 0) is 6.18 Å². The van der Waals surface area contributed by atoms with Crippen molar-refractivity contribution in [3.63, 3.8) is 0 Å². The van der Waals surface area contributed by atoms with Gasteiger partial charge in [0.25, 0.3) is 0 Å². The molecule has 26 heavy (non-hydrogen) atoms. The molecule has 0 bridgehead atoms. The molecule has 0 amide bonds. The van der Waals surface area contributed by atoms with Crippen molar-refractivity contribution < 1.29 is 13.2 Å². The molecule has 148 valence electrons. The highest BCUT2D eigenvalue weighted by Crippen LogP contribution is 2.33. The van der Waals surface area contributed by atoms with E-state index in [1.54, 1.807) is 0 Å². The molecule has 2 aromatic rings. The zero-order chi connectivity index (χ0) is 20.3. The quantitative estimate of drug-likeness (QED) is 0.593. The molecule has 0 saturated heterocycles. The van der Waals surface area contributed by atoms with E-state index in [0.717, 1.165) is 0 Å². The van der Waals surface area contributed by atoms with E-state index < -0.39 is 17.3 Å². The van der Waals surface area contributed by atoms with Gasteiger partial charge in [0.2, 0.25) is 5.56 Å². The number of rotatable bonds is 3. The van der Waals surface area contributed by atoms with Crippen LogP contribution in [0.3, 0.4) is 0 Å². The van der Waals surface area contributed by atoms with Crippen molar-refractivity contribution >= 4 is 23.5 Å². The molecule has 2 N–H and O–H groups in total. The number of aromatic amines is 1. The summed E-state index contributed by atoms with van der Waals surface area (Å²) in [6.07, 6.45) is -0.730. The first kappa shape index (κ1) is 24.5. The van der Waals surface area contributed by atoms with Crippen molar-refractivity contribution in [3.05, 3.63) is 40.2 Å². The van der Waals surface area contributed by atoms with Crippen LogP contribution in [0.4, 0.5) is 13.2 Å². The number of hydrogen-bond acceptors (Lipinski definition) is 3. The average molecular weight is 391 g/mol. The van der Waals surface area contributed by atoms with Crippen LogP contribution in [0.2, 0.25) is 0 Å². The third kappa shape index (κ3) is 8.76. The van der Waals surface area contributed by atoms with Crippen molar-refractivity contribution in [3.8, 4) is 0 Å². The van der Waals surface area contributed by atoms with Crippen molar-refractivity contribution in [1.29, 1.82) is 0 Å². The van der Waals surface area contributed by atoms with E-state index in [-0.39, 0.29) is 10.9 Å². The van der Waals surface area contributed by atoms with Crippen molar-refractivity contribution in [2.45, 2.75) is 64.1 Å². The fraction of sp³-hybridized carbons (Fsp3) is 0.526. The third-order valence-corrected chi connectivity index (χ3v) is 3.62. The van der Waals surface area contributed by atoms with Crippen LogP contribution >= 0.6 is 12.6 Å². The lowest BCUT2D eigenvalue weighted by atomic mass is 10.1. The van der Waals surface area contributed by atoms with Gasteiger partial charge in [-0.15, -0.1) is 12.6 Å². The van der Waals surface area contributed by atoms with Gasteiger partial charge in [0.15, 0.2) is 0 Å². The molecule has 1 unspecified atom stereocenters. The number of aromatic nitrogens is 1. The van der Waals surface area contributed by atoms with E-state index >= 15 is 0 Å². The summed E-state index contributed by atoms with van der Waals surface area (Å²) in [6, 6.07) is 5.44. The second kappa shape index (κ2) is 12.0. The number of nitrogens with one attached hydrogen (secondary N) is 2. The van der Waals surface area contributed by atoms with E-state index in [1.165, 1.54) is 37.5 Å². The molecule has 0 aliphatic carbocycles. The summed E-state index contributed by atoms with van der Waals surface area (Å²) in [6.45, 7) is 8.65. The van der Waals surface area contributed by atoms with Gasteiger partial charge < -0.3 is 10.3 Å². The number of alkyl halides is 3. The second-order valence-corrected chi connectivity index (χ2v) is 6.48. The summed E-state index contributed by atoms with van der Waals surface area (Å²) in [7, 11) is 2.00. The Kier molecular flexibility index (Phi) is 11.3. The topological polar surface area (TPSA) is 44.9 Å². The molecule has 0 radical (unpaired) electrons. The lowest BCUT2D eigenvalue weighted by molar-refractivity contribution is -0.136. The molecule has 0 aliphatic rings. The largest absolute Gasteiger partial charge is 0.417 e. The summed E-state index contributed by atoms with van der Waals surface area (Å²) in [5.41, 5.74) is -1.56. The molecule has 1 aromatic heterocycles. The van der Waals surface area contributed by atoms with Gasteiger partial charge in [-0.05, 0) is 38.6 Å². The van der Waals surface area contributed by atoms with E-state index in [2.05, 4.69) is 50.6 Å². The molecule has 3 nitrogen and oxygen atoms in total. The monoisotopic (exact) mass is 390 g/mol. The Hall–Kier alpha value is -1.47. The summed E-state index contributed by atoms with van der Waals surface area (Å²) >= 11 is 3.97. The molecule has 1 heterocycles. The lowest BCUT2D eigenvalue weighted by Gasteiger charge is -2.09. The number of benzene rings is 1. The van der Waals surface area contributed by atoms with E-state index in [1.807, 2.05) is 7.05 Å². The minimum Gasteiger partial charge on any atom is -0.322 e. The number of halogens is 3. The van der Waals surface area contributed by atoms with Gasteiger partial charge in [0.1, 0.15) is 0 Å². The maximum absolute atomic E-state index is 12.7. The van der Waals surface area contributed by atoms with Crippen molar-refractivity contribution in [2.24, 2.45) is 0 Å². The SMILES string of the molecule is CCC.CCCC(C)NC.O=c1cc(C(F)(F)F)c2cc(S)ccc2[nH]1. The van der Waals surface area contributed by atoms with Crippen LogP contribution in [0.25, 0.3) is 10.9 Å². The fourth-order valence-electron chi connectivity index (χ4n) is 2.05. The Morgan fingerprint density at radius 3 is 2.19 bits per heavy atom. The predicted molar refractivity (Wildman–Crippen MR) is 106 cm³/mol. The number of pyridine rings is 1. The molecular weight excluding hydrogens is 361 g/mol. The van der Waals surface area contributed by atoms with Crippen LogP contribution in [0.5, 0.6) is 0 Å². The number of H-pyrrole nitrogens is 1. The van der Waals surface area contributed by atoms with Gasteiger partial charge >= 0.3 is 6.18 Å². The number of fused-ring (bicyclic) bond motifs is 1. The maximum Gasteiger partial charge on any atom is 0.417 e. The molecular formula is C19H29F3N2OS. The molecule has 0 aliphatic heterocycles. The predicted octanol–water partition coefficient (Wildman–Crippen LogP) is 5.65. The Bertz CT molecular complexity index is 714. The van der Waals surface area contributed by atoms with Crippen molar-refractivity contribution in [2.75, 3.05) is 7.05 Å². The highest BCUT2D eigenvalue weighted by Gasteiger charge is 2.33. The minimum absolute atomic E-state index is 0.0559. The molecule has 1 aromatic carbocycles. The first-order chi connectivity index (χ1) is 12.1. The first-order valence-electron chi connectivity index (χ1n) is 8.71. The van der Waals surface area contributed by atoms with Crippen molar-refractivity contribution in [1.82, 2.24) is 10.3 Å². The summed E-state index contributed by atoms with van der Waals surface area (Å²) in [5.74, 6) is 0. The second-order valence-electron chi connectivity index (χ2n) is 5.96. The lowest BCUT2D eigenvalue weighted by Crippen LogP contribution is -2.20. The van der Waals surface area contributed by atoms with Gasteiger partial charge in [-0.2, -0.15) is 13.2 Å². The first-order valence-corrected chi connectivity index (χ1v) is 9.15. The fourth-order valence-corrected chi connectivity index (χ4v) is 2.26. The average Bonchev–Trinajstić information content (AvgIpc) is 2.55. The van der Waals surface area contributed by atoms with E-state index in [4.69, 9.17) is 0 Å². The standard InChI is InChI=1S/C10H6F3NOS.C6H15N.C3H8/c11-10(12,13)7-4-9(15)14-8-2-1-5(16)3-6(7)8;1-4-5-6(2)7-3;1-3-2/h1-4,16H,(H,14,15);6-7H,4-5H2,1-3H3;3H2,1-2H3. The Morgan fingerprint density at radius 2 is 1.77 bits per heavy atom. The van der Waals surface area contributed by atoms with Gasteiger partial charge in [0.05, 0.1) is 5.56 Å². The van der Waals surface area contributed by atoms with Crippen LogP contribution in [-0.4, -0.2) is 18.1 Å². The van der Waals surface area contributed by atoms with Gasteiger partial charge in [-0.25, -0.2) is 0 Å². The van der Waals surface area contributed by atoms with Crippen LogP contribution in [0.1, 0.15) is 52.5 Å². The zero-order valence-corrected chi connectivity index (χ0v) is 16.9. The normalized spacial score (nSPS) is 11.9. The Balaban J connectivity index is 0.000000526. The highest BCUT2D eigenvalue weighted by molar-refractivity contribution is 7.80. The van der Waals surface area contributed by atoms with Gasteiger partial charge in [0, 0.05) is 27.9 Å². The van der Waals surface area contributed by atoms with Crippen LogP contribution in [0, 0.1) is 0 Å². The number of hydrogen-bond donors (Lipinski definition) is 3. The van der Waals surface area contributed by atoms with E-state index in [0.29, 0.717) is 17.0 Å². The zero-order valence-electron chi connectivity index (χ0n) is 16.0. The Labute approximate surface area is 158 Å². The minimum atomic E-state index is -4.55. The third-order valence-electron chi connectivity index (χ3n) is 3.35. The molecule has 0 fully saturated rings. The smallest absolute Gasteiger partial charge is 0.322 e. The molecule has 2 rings (SSSR count). The van der Waals surface area contributed by atoms with Gasteiger partial charge in [-0.3, -0.25) is 4.79 Å². The van der Waals surface area contributed by atoms with Crippen LogP contribution in [0.15, 0.2) is 34.0 Å². The number of thiol groups is 1. The van der Waals surface area contributed by atoms with Crippen LogP contribution < -0.4 is 10.9 Å². The summed E-state index contributed by atoms with van der Waals surface area (Å²) in [4.78, 5) is 13.8. The van der Waals surface area contributed by atoms with Gasteiger partial charge in [-0.1, -0.05) is 33.6 Å². The molecule has 0 spiro atoms. The molecule has 7 heteroatoms. The highest BCUT2D eigenvalue weighted by atomic mass is 32.1. The summed E-state index contributed by atoms with van der Waals surface area (Å²) in [5, 5.41) is 3.11. The molecule has 0 saturated carbocycles. The maximum atomic E-state index is 12.7. The molecule has 1 atom stereocenters. The Morgan fingerprint density at radius 1 is 1.19 bits per heavy atom.